The van der Waals surface area contributed by atoms with E-state index < -0.39 is 157 Å². The van der Waals surface area contributed by atoms with Crippen LogP contribution >= 0.6 is 0 Å². The van der Waals surface area contributed by atoms with Crippen LogP contribution in [0.4, 0.5) is 13.2 Å². The molecule has 36 atom stereocenters. The first-order chi connectivity index (χ1) is 66.8. The number of carbonyl (C=O) groups excluding carboxylic acids is 16. The van der Waals surface area contributed by atoms with Gasteiger partial charge in [-0.3, -0.25) is 71.9 Å². The molecule has 14 bridgehead atoms. The molecule has 0 radical (unpaired) electrons. The molecular weight excluding hydrogens is 1880 g/mol. The van der Waals surface area contributed by atoms with E-state index >= 15 is 0 Å². The monoisotopic (exact) mass is 2020 g/mol. The van der Waals surface area contributed by atoms with Gasteiger partial charge in [-0.25, -0.2) is 4.79 Å². The third-order valence-electron chi connectivity index (χ3n) is 37.4. The fourth-order valence-corrected chi connectivity index (χ4v) is 25.5. The molecule has 0 aromatic heterocycles. The molecule has 35 nitrogen and oxygen atoms in total. The van der Waals surface area contributed by atoms with E-state index in [0.717, 1.165) is 57.8 Å². The molecule has 794 valence electrons. The second kappa shape index (κ2) is 39.4. The van der Waals surface area contributed by atoms with E-state index in [0.29, 0.717) is 81.6 Å². The molecule has 0 aromatic rings. The number of halogens is 3. The highest BCUT2D eigenvalue weighted by Crippen LogP contribution is 2.69. The quantitative estimate of drug-likeness (QED) is 0.0419. The molecule has 0 aromatic carbocycles. The Bertz CT molecular complexity index is 4970. The van der Waals surface area contributed by atoms with Crippen molar-refractivity contribution in [2.75, 3.05) is 26.9 Å². The van der Waals surface area contributed by atoms with Crippen LogP contribution in [-0.4, -0.2) is 226 Å². The molecule has 21 fully saturated rings. The van der Waals surface area contributed by atoms with Crippen molar-refractivity contribution in [2.45, 2.75) is 371 Å². The molecule has 38 heteroatoms. The summed E-state index contributed by atoms with van der Waals surface area (Å²) in [5.41, 5.74) is -7.20. The van der Waals surface area contributed by atoms with Crippen molar-refractivity contribution >= 4 is 95.5 Å². The molecule has 12 aliphatic carbocycles. The summed E-state index contributed by atoms with van der Waals surface area (Å²) in [7, 11) is 1.31. The number of rotatable bonds is 27. The van der Waals surface area contributed by atoms with Crippen LogP contribution in [0.2, 0.25) is 0 Å². The molecule has 12 saturated carbocycles. The fourth-order valence-electron chi connectivity index (χ4n) is 25.5. The second-order valence-corrected chi connectivity index (χ2v) is 48.1. The van der Waals surface area contributed by atoms with E-state index in [2.05, 4.69) is 6.07 Å². The molecule has 36 unspecified atom stereocenters. The van der Waals surface area contributed by atoms with Gasteiger partial charge in [0.25, 0.3) is 0 Å². The first kappa shape index (κ1) is 108. The Morgan fingerprint density at radius 3 is 1.18 bits per heavy atom. The molecule has 9 aliphatic heterocycles. The maximum atomic E-state index is 13.4. The van der Waals surface area contributed by atoms with Crippen LogP contribution in [0.25, 0.3) is 0 Å². The van der Waals surface area contributed by atoms with E-state index in [1.807, 2.05) is 118 Å². The number of alkyl halides is 3. The average Bonchev–Trinajstić information content (AvgIpc) is 1.52. The van der Waals surface area contributed by atoms with Gasteiger partial charge in [-0.15, -0.1) is 0 Å². The second-order valence-electron chi connectivity index (χ2n) is 48.1. The minimum absolute atomic E-state index is 0.00409. The summed E-state index contributed by atoms with van der Waals surface area (Å²) in [5, 5.41) is 9.31. The number of hydrogen-bond acceptors (Lipinski definition) is 35. The molecule has 143 heavy (non-hydrogen) atoms. The summed E-state index contributed by atoms with van der Waals surface area (Å²) in [6.07, 6.45) is 2.15. The summed E-state index contributed by atoms with van der Waals surface area (Å²) in [5.74, 6) is -6.27. The third kappa shape index (κ3) is 19.0. The van der Waals surface area contributed by atoms with Crippen LogP contribution in [0, 0.1) is 167 Å². The number of ether oxygens (including phenoxy) is 18. The van der Waals surface area contributed by atoms with E-state index in [1.165, 1.54) is 7.11 Å². The topological polar surface area (TPSA) is 463 Å². The van der Waals surface area contributed by atoms with Crippen molar-refractivity contribution in [3.8, 4) is 6.07 Å². The number of nitrogens with zero attached hydrogens (tertiary/aromatic N) is 1. The zero-order valence-electron chi connectivity index (χ0n) is 86.1. The van der Waals surface area contributed by atoms with Crippen LogP contribution in [-0.2, 0) is 162 Å². The predicted molar refractivity (Wildman–Crippen MR) is 484 cm³/mol. The summed E-state index contributed by atoms with van der Waals surface area (Å²) >= 11 is 0. The van der Waals surface area contributed by atoms with E-state index in [1.54, 1.807) is 27.7 Å². The molecule has 9 saturated heterocycles. The lowest BCUT2D eigenvalue weighted by Gasteiger charge is -2.34. The number of hydrogen-bond donors (Lipinski definition) is 0. The summed E-state index contributed by atoms with van der Waals surface area (Å²) < 4.78 is 137. The number of fused-ring (bicyclic) bond motifs is 7. The van der Waals surface area contributed by atoms with Crippen LogP contribution in [0.3, 0.4) is 0 Å². The zero-order valence-corrected chi connectivity index (χ0v) is 86.1. The standard InChI is InChI=1S/2C16H22O6.C16H24O5.C15H19F3O4.C15H19NO4.C14H20O4.C13H18O5/c1-5-16(2,3)15(19)22-12-7-6-8-10(9(7)13(17)20-4)14(18)21-11(8)12;1-4-16(2,3)15(19)20-7-11(17)21-12-8-5-9-10(6-8)14(18)22-13(9)12;1-4-16(2,3)15(18)20-6-5-19-12-9-7-10-11(8-9)14(17)21-13(10)12;1-4-13(2,3)11(19)21-9-7-5-8-10(9)22-12(20)14(8,6-7)15(16,17)18;1-4-14(2,3)12(17)19-10-8-5-9-11(10)20-13(18)15(9,6-8)7-16;1-4-14(2,3)13(16)18-10-7-5-8-9(6-7)12(15)17-11(8)10;1-4-13(2,3)12(15)18-9-7-5-6-8(16-7)10(9)17-11(6)14/h7-12H,5-6H2,1-4H3;8-10,12-13H,4-7H2,1-3H3;9-13H,4-8H2,1-3H3;7-10H,4-6H2,1-3H3;8-11H,4-6H2,1-3H3;7-11H,4-6H2,1-3H3;6-10H,4-5H2,1-3H3. The molecule has 21 aliphatic rings. The Kier molecular flexibility index (Phi) is 29.7. The normalized spacial score (nSPS) is 39.1. The van der Waals surface area contributed by atoms with Gasteiger partial charge in [0.15, 0.2) is 29.6 Å². The molecule has 0 amide bonds. The van der Waals surface area contributed by atoms with Gasteiger partial charge in [0.05, 0.1) is 105 Å². The molecule has 0 spiro atoms. The first-order valence-electron chi connectivity index (χ1n) is 51.7. The summed E-state index contributed by atoms with van der Waals surface area (Å²) in [4.78, 5) is 191. The van der Waals surface area contributed by atoms with E-state index in [4.69, 9.17) is 85.3 Å². The lowest BCUT2D eigenvalue weighted by molar-refractivity contribution is -0.231. The Morgan fingerprint density at radius 1 is 0.357 bits per heavy atom. The van der Waals surface area contributed by atoms with Crippen LogP contribution < -0.4 is 0 Å². The number of carbonyl (C=O) groups is 16. The Balaban J connectivity index is 0.000000126. The minimum atomic E-state index is -4.62. The first-order valence-corrected chi connectivity index (χ1v) is 51.7. The zero-order chi connectivity index (χ0) is 105. The lowest BCUT2D eigenvalue weighted by Crippen LogP contribution is -2.49. The molecule has 0 N–H and O–H groups in total. The van der Waals surface area contributed by atoms with Gasteiger partial charge >= 0.3 is 102 Å². The summed E-state index contributed by atoms with van der Waals surface area (Å²) in [6, 6.07) is 2.15. The van der Waals surface area contributed by atoms with Gasteiger partial charge in [0, 0.05) is 65.1 Å². The summed E-state index contributed by atoms with van der Waals surface area (Å²) in [6.45, 7) is 39.3. The van der Waals surface area contributed by atoms with Crippen LogP contribution in [0.5, 0.6) is 0 Å². The van der Waals surface area contributed by atoms with E-state index in [9.17, 15) is 95.1 Å². The van der Waals surface area contributed by atoms with Crippen LogP contribution in [0.1, 0.15) is 267 Å². The van der Waals surface area contributed by atoms with Crippen molar-refractivity contribution in [1.29, 1.82) is 5.26 Å². The van der Waals surface area contributed by atoms with E-state index in [-0.39, 0.29) is 200 Å². The smallest absolute Gasteiger partial charge is 0.405 e. The SMILES string of the molecule is CCC(C)(C)C(=O)OC1C2CC3C(=O)OC1C3C2.CCC(C)(C)C(=O)OC1C2CC3C(=O)OC1C3O2.CCC(C)(C)C(=O)OC1C2CC3C1OC(=O)C3(C#N)C2.CCC(C)(C)C(=O)OC1C2CC3C1OC(=O)C3(C(F)(F)F)C2.CCC(C)(C)C(=O)OC1C2CC3C1OC(=O)C3C2C(=O)OC.CCC(C)(C)C(=O)OCC(=O)OC1C2CC3C(=O)OC1C3C2.CCC(C)(C)C(=O)OCCOC1C2CC3C(=O)OC1C3C2. The highest BCUT2D eigenvalue weighted by atomic mass is 19.4. The van der Waals surface area contributed by atoms with Gasteiger partial charge in [-0.05, 0) is 225 Å². The maximum Gasteiger partial charge on any atom is 0.405 e. The third-order valence-corrected chi connectivity index (χ3v) is 37.4. The maximum absolute atomic E-state index is 13.4. The van der Waals surface area contributed by atoms with Gasteiger partial charge in [0.2, 0.25) is 0 Å². The van der Waals surface area contributed by atoms with Gasteiger partial charge in [-0.1, -0.05) is 48.5 Å². The molecule has 9 heterocycles. The Hall–Kier alpha value is -9.28. The van der Waals surface area contributed by atoms with Gasteiger partial charge in [-0.2, -0.15) is 18.4 Å². The average molecular weight is 2020 g/mol. The fraction of sp³-hybridized carbons (Fsp3) is 0.838. The highest BCUT2D eigenvalue weighted by molar-refractivity contribution is 5.89. The predicted octanol–water partition coefficient (Wildman–Crippen LogP) is 12.3. The van der Waals surface area contributed by atoms with Crippen LogP contribution in [0.15, 0.2) is 0 Å². The van der Waals surface area contributed by atoms with Crippen molar-refractivity contribution in [3.05, 3.63) is 0 Å². The van der Waals surface area contributed by atoms with Crippen molar-refractivity contribution in [3.63, 3.8) is 0 Å². The lowest BCUT2D eigenvalue weighted by atomic mass is 9.73. The Labute approximate surface area is 831 Å². The minimum Gasteiger partial charge on any atom is -0.469 e. The van der Waals surface area contributed by atoms with Gasteiger partial charge in [0.1, 0.15) is 79.9 Å². The highest BCUT2D eigenvalue weighted by Gasteiger charge is 2.81. The largest absolute Gasteiger partial charge is 0.469 e. The number of nitriles is 1. The van der Waals surface area contributed by atoms with Crippen molar-refractivity contribution < 1.29 is 175 Å². The molecular formula is C105H144F3NO34. The number of esters is 16. The van der Waals surface area contributed by atoms with Crippen molar-refractivity contribution in [2.24, 2.45) is 155 Å². The molecule has 21 rings (SSSR count). The Morgan fingerprint density at radius 2 is 0.727 bits per heavy atom. The number of methoxy groups -OCH3 is 1. The van der Waals surface area contributed by atoms with Gasteiger partial charge < -0.3 is 85.3 Å². The van der Waals surface area contributed by atoms with Crippen molar-refractivity contribution in [1.82, 2.24) is 0 Å².